The highest BCUT2D eigenvalue weighted by Crippen LogP contribution is 2.61. The van der Waals surface area contributed by atoms with Gasteiger partial charge in [0, 0.05) is 24.6 Å². The molecule has 0 aromatic carbocycles. The van der Waals surface area contributed by atoms with Crippen LogP contribution < -0.4 is 10.9 Å². The molecule has 1 heterocycles. The molecule has 2 N–H and O–H groups in total. The van der Waals surface area contributed by atoms with Gasteiger partial charge >= 0.3 is 0 Å². The van der Waals surface area contributed by atoms with E-state index in [1.54, 1.807) is 10.8 Å². The zero-order chi connectivity index (χ0) is 21.3. The Morgan fingerprint density at radius 3 is 2.40 bits per heavy atom. The molecule has 4 aliphatic carbocycles. The molecule has 0 saturated heterocycles. The van der Waals surface area contributed by atoms with Gasteiger partial charge in [-0.15, -0.1) is 0 Å². The number of aromatic nitrogens is 2. The van der Waals surface area contributed by atoms with Crippen LogP contribution in [-0.2, 0) is 16.1 Å². The maximum atomic E-state index is 12.5. The van der Waals surface area contributed by atoms with Crippen LogP contribution in [0.4, 0.5) is 0 Å². The van der Waals surface area contributed by atoms with Gasteiger partial charge in [-0.2, -0.15) is 5.10 Å². The third kappa shape index (κ3) is 4.58. The first-order valence-electron chi connectivity index (χ1n) is 11.4. The summed E-state index contributed by atoms with van der Waals surface area (Å²) < 4.78 is 1.77. The predicted molar refractivity (Wildman–Crippen MR) is 117 cm³/mol. The maximum Gasteiger partial charge on any atom is 0.262 e. The number of halogens is 1. The highest BCUT2D eigenvalue weighted by molar-refractivity contribution is 6.31. The summed E-state index contributed by atoms with van der Waals surface area (Å²) in [6.07, 6.45) is 13.3. The van der Waals surface area contributed by atoms with Gasteiger partial charge in [0.2, 0.25) is 5.91 Å². The minimum Gasteiger partial charge on any atom is -0.273 e. The van der Waals surface area contributed by atoms with E-state index in [0.717, 1.165) is 48.4 Å². The van der Waals surface area contributed by atoms with E-state index in [2.05, 4.69) is 22.9 Å². The molecule has 7 heteroatoms. The molecule has 0 atom stereocenters. The van der Waals surface area contributed by atoms with Crippen LogP contribution in [0.1, 0.15) is 76.0 Å². The van der Waals surface area contributed by atoms with Crippen molar-refractivity contribution in [3.8, 4) is 0 Å². The molecular weight excluding hydrogens is 400 g/mol. The van der Waals surface area contributed by atoms with Crippen LogP contribution in [0.15, 0.2) is 6.08 Å². The Bertz CT molecular complexity index is 809. The van der Waals surface area contributed by atoms with Gasteiger partial charge in [-0.05, 0) is 81.1 Å². The monoisotopic (exact) mass is 432 g/mol. The second kappa shape index (κ2) is 8.74. The van der Waals surface area contributed by atoms with Gasteiger partial charge in [0.15, 0.2) is 0 Å². The average Bonchev–Trinajstić information content (AvgIpc) is 2.94. The first-order valence-corrected chi connectivity index (χ1v) is 11.7. The molecule has 0 radical (unpaired) electrons. The molecule has 0 aliphatic heterocycles. The highest BCUT2D eigenvalue weighted by Gasteiger charge is 2.51. The predicted octanol–water partition coefficient (Wildman–Crippen LogP) is 4.41. The van der Waals surface area contributed by atoms with Crippen molar-refractivity contribution in [3.05, 3.63) is 22.5 Å². The van der Waals surface area contributed by atoms with Gasteiger partial charge in [-0.3, -0.25) is 25.1 Å². The van der Waals surface area contributed by atoms with E-state index in [0.29, 0.717) is 11.6 Å². The Balaban J connectivity index is 1.28. The van der Waals surface area contributed by atoms with Gasteiger partial charge in [-0.1, -0.05) is 24.9 Å². The van der Waals surface area contributed by atoms with Crippen molar-refractivity contribution >= 4 is 29.5 Å². The van der Waals surface area contributed by atoms with Crippen LogP contribution >= 0.6 is 11.6 Å². The lowest BCUT2D eigenvalue weighted by atomic mass is 9.49. The fourth-order valence-corrected chi connectivity index (χ4v) is 6.76. The quantitative estimate of drug-likeness (QED) is 0.494. The van der Waals surface area contributed by atoms with E-state index in [1.165, 1.54) is 44.6 Å². The molecule has 4 fully saturated rings. The number of rotatable bonds is 7. The van der Waals surface area contributed by atoms with Crippen molar-refractivity contribution in [1.82, 2.24) is 20.6 Å². The smallest absolute Gasteiger partial charge is 0.262 e. The number of hydrogen-bond acceptors (Lipinski definition) is 3. The first kappa shape index (κ1) is 21.4. The Morgan fingerprint density at radius 1 is 1.17 bits per heavy atom. The van der Waals surface area contributed by atoms with E-state index < -0.39 is 0 Å². The number of unbranched alkanes of at least 4 members (excludes halogenated alkanes) is 1. The van der Waals surface area contributed by atoms with Crippen LogP contribution in [-0.4, -0.2) is 21.6 Å². The minimum atomic E-state index is -0.370. The molecule has 4 saturated carbocycles. The molecule has 4 aliphatic rings. The zero-order valence-corrected chi connectivity index (χ0v) is 18.8. The van der Waals surface area contributed by atoms with Crippen LogP contribution in [0.5, 0.6) is 0 Å². The molecular formula is C23H33ClN4O2. The Hall–Kier alpha value is -1.82. The van der Waals surface area contributed by atoms with E-state index in [9.17, 15) is 9.59 Å². The number of hydrazine groups is 1. The topological polar surface area (TPSA) is 76.0 Å². The van der Waals surface area contributed by atoms with Crippen molar-refractivity contribution in [2.75, 3.05) is 0 Å². The normalized spacial score (nSPS) is 29.5. The number of amides is 2. The maximum absolute atomic E-state index is 12.5. The number of nitrogens with one attached hydrogen (secondary N) is 2. The molecule has 4 bridgehead atoms. The summed E-state index contributed by atoms with van der Waals surface area (Å²) in [7, 11) is 0. The summed E-state index contributed by atoms with van der Waals surface area (Å²) in [5, 5.41) is 4.97. The SMILES string of the molecule is CCCCn1nc(C)c(/C=C/C(=O)NNC(=O)CC23CC4CC(CC(C4)C2)C3)c1Cl. The summed E-state index contributed by atoms with van der Waals surface area (Å²) >= 11 is 6.40. The summed E-state index contributed by atoms with van der Waals surface area (Å²) in [4.78, 5) is 24.7. The molecule has 1 aromatic heterocycles. The Morgan fingerprint density at radius 2 is 1.80 bits per heavy atom. The largest absolute Gasteiger partial charge is 0.273 e. The van der Waals surface area contributed by atoms with E-state index in [4.69, 9.17) is 11.6 Å². The molecule has 5 rings (SSSR count). The van der Waals surface area contributed by atoms with Gasteiger partial charge < -0.3 is 0 Å². The number of carbonyl (C=O) groups is 2. The van der Waals surface area contributed by atoms with Crippen molar-refractivity contribution in [1.29, 1.82) is 0 Å². The fraction of sp³-hybridized carbons (Fsp3) is 0.696. The molecule has 6 nitrogen and oxygen atoms in total. The average molecular weight is 433 g/mol. The summed E-state index contributed by atoms with van der Waals surface area (Å²) in [6, 6.07) is 0. The Kier molecular flexibility index (Phi) is 6.24. The summed E-state index contributed by atoms with van der Waals surface area (Å²) in [5.41, 5.74) is 6.82. The molecule has 30 heavy (non-hydrogen) atoms. The number of carbonyl (C=O) groups excluding carboxylic acids is 2. The first-order chi connectivity index (χ1) is 14.4. The second-order valence-electron chi connectivity index (χ2n) is 9.83. The molecule has 0 spiro atoms. The lowest BCUT2D eigenvalue weighted by Gasteiger charge is -2.56. The number of hydrogen-bond donors (Lipinski definition) is 2. The van der Waals surface area contributed by atoms with Gasteiger partial charge in [0.05, 0.1) is 5.69 Å². The third-order valence-electron chi connectivity index (χ3n) is 7.26. The minimum absolute atomic E-state index is 0.0831. The third-order valence-corrected chi connectivity index (χ3v) is 7.66. The van der Waals surface area contributed by atoms with Gasteiger partial charge in [0.25, 0.3) is 5.91 Å². The zero-order valence-electron chi connectivity index (χ0n) is 18.0. The van der Waals surface area contributed by atoms with E-state index >= 15 is 0 Å². The lowest BCUT2D eigenvalue weighted by Crippen LogP contribution is -2.49. The number of aryl methyl sites for hydroxylation is 2. The highest BCUT2D eigenvalue weighted by atomic mass is 35.5. The summed E-state index contributed by atoms with van der Waals surface area (Å²) in [5.74, 6) is 1.99. The lowest BCUT2D eigenvalue weighted by molar-refractivity contribution is -0.133. The summed E-state index contributed by atoms with van der Waals surface area (Å²) in [6.45, 7) is 4.75. The van der Waals surface area contributed by atoms with Gasteiger partial charge in [0.1, 0.15) is 5.15 Å². The van der Waals surface area contributed by atoms with E-state index in [1.807, 2.05) is 6.92 Å². The van der Waals surface area contributed by atoms with Crippen LogP contribution in [0.2, 0.25) is 5.15 Å². The fourth-order valence-electron chi connectivity index (χ4n) is 6.44. The van der Waals surface area contributed by atoms with Gasteiger partial charge in [-0.25, -0.2) is 0 Å². The van der Waals surface area contributed by atoms with Crippen LogP contribution in [0, 0.1) is 30.1 Å². The van der Waals surface area contributed by atoms with Crippen molar-refractivity contribution < 1.29 is 9.59 Å². The Labute approximate surface area is 183 Å². The molecule has 164 valence electrons. The van der Waals surface area contributed by atoms with Crippen LogP contribution in [0.3, 0.4) is 0 Å². The molecule has 0 unspecified atom stereocenters. The van der Waals surface area contributed by atoms with Crippen molar-refractivity contribution in [3.63, 3.8) is 0 Å². The van der Waals surface area contributed by atoms with E-state index in [-0.39, 0.29) is 17.2 Å². The van der Waals surface area contributed by atoms with Crippen LogP contribution in [0.25, 0.3) is 6.08 Å². The standard InChI is InChI=1S/C23H33ClN4O2/c1-3-4-7-28-22(24)19(15(2)27-28)5-6-20(29)25-26-21(30)14-23-11-16-8-17(12-23)10-18(9-16)13-23/h5-6,16-18H,3-4,7-14H2,1-2H3,(H,25,29)(H,26,30)/b6-5+. The van der Waals surface area contributed by atoms with Crippen molar-refractivity contribution in [2.24, 2.45) is 23.2 Å². The second-order valence-corrected chi connectivity index (χ2v) is 10.2. The van der Waals surface area contributed by atoms with Crippen molar-refractivity contribution in [2.45, 2.75) is 78.2 Å². The molecule has 1 aromatic rings. The molecule has 2 amide bonds. The number of nitrogens with zero attached hydrogens (tertiary/aromatic N) is 2.